The summed E-state index contributed by atoms with van der Waals surface area (Å²) < 4.78 is 26.8. The van der Waals surface area contributed by atoms with Gasteiger partial charge in [0, 0.05) is 18.8 Å². The van der Waals surface area contributed by atoms with Crippen molar-refractivity contribution in [3.05, 3.63) is 23.2 Å². The second-order valence-corrected chi connectivity index (χ2v) is 7.31. The molecule has 1 saturated carbocycles. The molecule has 0 aliphatic heterocycles. The van der Waals surface area contributed by atoms with Crippen molar-refractivity contribution in [3.8, 4) is 0 Å². The second kappa shape index (κ2) is 5.69. The molecule has 6 heteroatoms. The quantitative estimate of drug-likeness (QED) is 0.822. The van der Waals surface area contributed by atoms with Gasteiger partial charge in [0.05, 0.1) is 5.02 Å². The van der Waals surface area contributed by atoms with Crippen LogP contribution >= 0.6 is 11.6 Å². The van der Waals surface area contributed by atoms with Crippen LogP contribution in [0.1, 0.15) is 26.2 Å². The Balaban J connectivity index is 2.31. The number of nitrogen functional groups attached to an aromatic ring is 1. The van der Waals surface area contributed by atoms with Gasteiger partial charge in [-0.25, -0.2) is 8.42 Å². The van der Waals surface area contributed by atoms with Gasteiger partial charge in [0.2, 0.25) is 10.0 Å². The zero-order chi connectivity index (χ0) is 14.0. The Bertz CT molecular complexity index is 556. The summed E-state index contributed by atoms with van der Waals surface area (Å²) in [6.45, 7) is 3.09. The smallest absolute Gasteiger partial charge is 0.244 e. The molecule has 0 bridgehead atoms. The maximum Gasteiger partial charge on any atom is 0.244 e. The minimum absolute atomic E-state index is 0.150. The summed E-state index contributed by atoms with van der Waals surface area (Å²) in [7, 11) is -3.52. The van der Waals surface area contributed by atoms with Gasteiger partial charge in [0.1, 0.15) is 4.90 Å². The first kappa shape index (κ1) is 14.6. The number of halogens is 1. The first-order chi connectivity index (χ1) is 8.95. The number of sulfonamides is 1. The molecule has 1 fully saturated rings. The Morgan fingerprint density at radius 1 is 1.42 bits per heavy atom. The van der Waals surface area contributed by atoms with Gasteiger partial charge in [-0.2, -0.15) is 4.31 Å². The van der Waals surface area contributed by atoms with Gasteiger partial charge in [-0.1, -0.05) is 18.5 Å². The van der Waals surface area contributed by atoms with Gasteiger partial charge >= 0.3 is 0 Å². The third-order valence-corrected chi connectivity index (χ3v) is 5.55. The van der Waals surface area contributed by atoms with E-state index in [0.717, 1.165) is 19.3 Å². The van der Waals surface area contributed by atoms with Crippen molar-refractivity contribution in [1.82, 2.24) is 4.31 Å². The van der Waals surface area contributed by atoms with Crippen molar-refractivity contribution in [2.75, 3.05) is 18.8 Å². The van der Waals surface area contributed by atoms with Crippen molar-refractivity contribution in [3.63, 3.8) is 0 Å². The molecule has 1 aliphatic rings. The lowest BCUT2D eigenvalue weighted by Gasteiger charge is -2.22. The van der Waals surface area contributed by atoms with Crippen LogP contribution in [-0.4, -0.2) is 25.8 Å². The Morgan fingerprint density at radius 3 is 2.63 bits per heavy atom. The van der Waals surface area contributed by atoms with Crippen molar-refractivity contribution < 1.29 is 8.42 Å². The fraction of sp³-hybridized carbons (Fsp3) is 0.538. The summed E-state index contributed by atoms with van der Waals surface area (Å²) in [5, 5.41) is 0.192. The van der Waals surface area contributed by atoms with E-state index in [1.54, 1.807) is 10.4 Å². The van der Waals surface area contributed by atoms with E-state index in [9.17, 15) is 8.42 Å². The van der Waals surface area contributed by atoms with E-state index in [1.165, 1.54) is 12.1 Å². The summed E-state index contributed by atoms with van der Waals surface area (Å²) in [5.41, 5.74) is 6.07. The van der Waals surface area contributed by atoms with Crippen molar-refractivity contribution in [2.45, 2.75) is 31.1 Å². The summed E-state index contributed by atoms with van der Waals surface area (Å²) in [5.74, 6) is 0.508. The zero-order valence-corrected chi connectivity index (χ0v) is 12.5. The average molecular weight is 303 g/mol. The molecule has 0 radical (unpaired) electrons. The largest absolute Gasteiger partial charge is 0.399 e. The molecule has 2 N–H and O–H groups in total. The molecule has 0 spiro atoms. The maximum atomic E-state index is 12.6. The SMILES string of the molecule is CCCN(CC1CC1)S(=O)(=O)c1ccc(N)cc1Cl. The monoisotopic (exact) mass is 302 g/mol. The third kappa shape index (κ3) is 3.41. The highest BCUT2D eigenvalue weighted by molar-refractivity contribution is 7.89. The van der Waals surface area contributed by atoms with E-state index in [-0.39, 0.29) is 9.92 Å². The lowest BCUT2D eigenvalue weighted by Crippen LogP contribution is -2.33. The molecule has 19 heavy (non-hydrogen) atoms. The first-order valence-electron chi connectivity index (χ1n) is 6.50. The summed E-state index contributed by atoms with van der Waals surface area (Å²) in [6.07, 6.45) is 3.02. The lowest BCUT2D eigenvalue weighted by atomic mass is 10.3. The topological polar surface area (TPSA) is 63.4 Å². The molecule has 4 nitrogen and oxygen atoms in total. The van der Waals surface area contributed by atoms with Crippen molar-refractivity contribution >= 4 is 27.3 Å². The normalized spacial score (nSPS) is 15.9. The number of rotatable bonds is 6. The number of hydrogen-bond acceptors (Lipinski definition) is 3. The van der Waals surface area contributed by atoms with E-state index >= 15 is 0 Å². The summed E-state index contributed by atoms with van der Waals surface area (Å²) >= 11 is 6.02. The molecule has 0 aromatic heterocycles. The molecule has 1 aromatic rings. The number of nitrogens with zero attached hydrogens (tertiary/aromatic N) is 1. The van der Waals surface area contributed by atoms with E-state index in [0.29, 0.717) is 24.7 Å². The Labute approximate surface area is 119 Å². The maximum absolute atomic E-state index is 12.6. The van der Waals surface area contributed by atoms with Gasteiger partial charge in [-0.3, -0.25) is 0 Å². The molecular formula is C13H19ClN2O2S. The van der Waals surface area contributed by atoms with E-state index in [1.807, 2.05) is 6.92 Å². The highest BCUT2D eigenvalue weighted by atomic mass is 35.5. The number of hydrogen-bond donors (Lipinski definition) is 1. The molecular weight excluding hydrogens is 284 g/mol. The van der Waals surface area contributed by atoms with Crippen LogP contribution in [-0.2, 0) is 10.0 Å². The number of nitrogens with two attached hydrogens (primary N) is 1. The molecule has 0 amide bonds. The average Bonchev–Trinajstić information content (AvgIpc) is 3.11. The Morgan fingerprint density at radius 2 is 2.11 bits per heavy atom. The van der Waals surface area contributed by atoms with Crippen LogP contribution in [0.3, 0.4) is 0 Å². The Hall–Kier alpha value is -0.780. The molecule has 0 atom stereocenters. The highest BCUT2D eigenvalue weighted by Crippen LogP contribution is 2.33. The minimum Gasteiger partial charge on any atom is -0.399 e. The highest BCUT2D eigenvalue weighted by Gasteiger charge is 2.32. The summed E-state index contributed by atoms with van der Waals surface area (Å²) in [6, 6.07) is 4.54. The lowest BCUT2D eigenvalue weighted by molar-refractivity contribution is 0.395. The van der Waals surface area contributed by atoms with Crippen LogP contribution in [0.2, 0.25) is 5.02 Å². The molecule has 0 unspecified atom stereocenters. The zero-order valence-electron chi connectivity index (χ0n) is 11.0. The van der Waals surface area contributed by atoms with Crippen molar-refractivity contribution in [1.29, 1.82) is 0 Å². The van der Waals surface area contributed by atoms with E-state index in [2.05, 4.69) is 0 Å². The Kier molecular flexibility index (Phi) is 4.38. The van der Waals surface area contributed by atoms with Gasteiger partial charge in [0.25, 0.3) is 0 Å². The van der Waals surface area contributed by atoms with Crippen LogP contribution < -0.4 is 5.73 Å². The van der Waals surface area contributed by atoms with Crippen LogP contribution in [0.5, 0.6) is 0 Å². The van der Waals surface area contributed by atoms with Gasteiger partial charge < -0.3 is 5.73 Å². The third-order valence-electron chi connectivity index (χ3n) is 3.21. The van der Waals surface area contributed by atoms with E-state index in [4.69, 9.17) is 17.3 Å². The predicted octanol–water partition coefficient (Wildman–Crippen LogP) is 2.73. The van der Waals surface area contributed by atoms with Gasteiger partial charge in [-0.05, 0) is 43.4 Å². The predicted molar refractivity (Wildman–Crippen MR) is 77.6 cm³/mol. The van der Waals surface area contributed by atoms with E-state index < -0.39 is 10.0 Å². The van der Waals surface area contributed by atoms with Crippen LogP contribution in [0.15, 0.2) is 23.1 Å². The standard InChI is InChI=1S/C13H19ClN2O2S/c1-2-7-16(9-10-3-4-10)19(17,18)13-6-5-11(15)8-12(13)14/h5-6,8,10H,2-4,7,9,15H2,1H3. The van der Waals surface area contributed by atoms with Gasteiger partial charge in [-0.15, -0.1) is 0 Å². The molecule has 1 aromatic carbocycles. The minimum atomic E-state index is -3.52. The molecule has 2 rings (SSSR count). The van der Waals surface area contributed by atoms with Crippen LogP contribution in [0.25, 0.3) is 0 Å². The molecule has 0 saturated heterocycles. The number of benzene rings is 1. The molecule has 0 heterocycles. The molecule has 106 valence electrons. The van der Waals surface area contributed by atoms with Crippen molar-refractivity contribution in [2.24, 2.45) is 5.92 Å². The van der Waals surface area contributed by atoms with Crippen LogP contribution in [0, 0.1) is 5.92 Å². The first-order valence-corrected chi connectivity index (χ1v) is 8.32. The van der Waals surface area contributed by atoms with Gasteiger partial charge in [0.15, 0.2) is 0 Å². The molecule has 1 aliphatic carbocycles. The fourth-order valence-corrected chi connectivity index (χ4v) is 4.15. The summed E-state index contributed by atoms with van der Waals surface area (Å²) in [4.78, 5) is 0.150. The fourth-order valence-electron chi connectivity index (χ4n) is 2.01. The number of anilines is 1. The van der Waals surface area contributed by atoms with Crippen LogP contribution in [0.4, 0.5) is 5.69 Å². The second-order valence-electron chi connectivity index (χ2n) is 5.00.